The maximum Gasteiger partial charge on any atom is 0.0711 e. The first-order valence-corrected chi connectivity index (χ1v) is 22.4. The van der Waals surface area contributed by atoms with Gasteiger partial charge in [0.2, 0.25) is 0 Å². The third-order valence-corrected chi connectivity index (χ3v) is 12.7. The first-order valence-electron chi connectivity index (χ1n) is 22.4. The number of rotatable bonds is 13. The van der Waals surface area contributed by atoms with Gasteiger partial charge in [0, 0.05) is 11.3 Å². The number of hydrogen-bond acceptors (Lipinski definition) is 1. The highest BCUT2D eigenvalue weighted by Crippen LogP contribution is 2.47. The zero-order valence-corrected chi connectivity index (χ0v) is 36.8. The van der Waals surface area contributed by atoms with E-state index in [1.165, 1.54) is 55.6 Å². The molecule has 1 nitrogen and oxygen atoms in total. The molecule has 1 aliphatic carbocycles. The van der Waals surface area contributed by atoms with Crippen molar-refractivity contribution in [3.8, 4) is 22.3 Å². The summed E-state index contributed by atoms with van der Waals surface area (Å²) in [6.45, 7) is 8.78. The molecule has 9 rings (SSSR count). The molecular weight excluding hydrogens is 771 g/mol. The van der Waals surface area contributed by atoms with E-state index in [0.717, 1.165) is 58.5 Å². The Kier molecular flexibility index (Phi) is 12.5. The van der Waals surface area contributed by atoms with Crippen LogP contribution in [0.5, 0.6) is 0 Å². The van der Waals surface area contributed by atoms with Crippen LogP contribution in [-0.4, -0.2) is 5.71 Å². The highest BCUT2D eigenvalue weighted by Gasteiger charge is 2.39. The first kappa shape index (κ1) is 41.7. The van der Waals surface area contributed by atoms with Gasteiger partial charge in [-0.1, -0.05) is 243 Å². The van der Waals surface area contributed by atoms with Crippen LogP contribution in [0, 0.1) is 6.92 Å². The summed E-state index contributed by atoms with van der Waals surface area (Å²) in [6, 6.07) is 76.6. The third kappa shape index (κ3) is 8.85. The van der Waals surface area contributed by atoms with E-state index in [0.29, 0.717) is 0 Å². The van der Waals surface area contributed by atoms with Crippen molar-refractivity contribution in [2.24, 2.45) is 4.99 Å². The highest BCUT2D eigenvalue weighted by atomic mass is 14.8. The standard InChI is InChI=1S/C63H53N/c1-46-20-16-18-30-60(46)61-31-19-17-23-55(61)45-49-32-34-52(35-33-49)53-36-38-54(39-37-53)62(44-47(2)50-21-8-4-9-22-50)64-48(3)51-40-42-59(43-41-51)63(56-24-10-5-11-25-56,57-26-12-6-13-27-57)58-28-14-7-15-29-58/h4-14,16-28,30-44H,2,15,29,45H2,1,3H3/b62-44-,64-48+. The summed E-state index contributed by atoms with van der Waals surface area (Å²) in [5.41, 5.74) is 19.5. The molecule has 0 radical (unpaired) electrons. The van der Waals surface area contributed by atoms with Gasteiger partial charge >= 0.3 is 0 Å². The normalized spacial score (nSPS) is 13.1. The topological polar surface area (TPSA) is 12.4 Å². The monoisotopic (exact) mass is 823 g/mol. The Morgan fingerprint density at radius 1 is 0.547 bits per heavy atom. The number of nitrogens with zero attached hydrogens (tertiary/aromatic N) is 1. The minimum absolute atomic E-state index is 0.426. The van der Waals surface area contributed by atoms with Crippen LogP contribution in [-0.2, 0) is 11.8 Å². The van der Waals surface area contributed by atoms with Crippen molar-refractivity contribution in [1.29, 1.82) is 0 Å². The van der Waals surface area contributed by atoms with Gasteiger partial charge in [-0.3, -0.25) is 4.99 Å². The van der Waals surface area contributed by atoms with Crippen molar-refractivity contribution in [3.63, 3.8) is 0 Å². The van der Waals surface area contributed by atoms with Crippen LogP contribution >= 0.6 is 0 Å². The van der Waals surface area contributed by atoms with E-state index in [1.54, 1.807) is 0 Å². The van der Waals surface area contributed by atoms with E-state index < -0.39 is 5.41 Å². The average molecular weight is 824 g/mol. The minimum Gasteiger partial charge on any atom is -0.252 e. The Hall–Kier alpha value is -7.61. The largest absolute Gasteiger partial charge is 0.252 e. The number of allylic oxidation sites excluding steroid dienone is 6. The molecule has 310 valence electrons. The van der Waals surface area contributed by atoms with Crippen molar-refractivity contribution in [1.82, 2.24) is 0 Å². The molecule has 64 heavy (non-hydrogen) atoms. The van der Waals surface area contributed by atoms with Gasteiger partial charge in [0.15, 0.2) is 0 Å². The van der Waals surface area contributed by atoms with Crippen molar-refractivity contribution in [3.05, 3.63) is 299 Å². The smallest absolute Gasteiger partial charge is 0.0711 e. The zero-order chi connectivity index (χ0) is 43.7. The quantitative estimate of drug-likeness (QED) is 0.0624. The molecule has 0 saturated heterocycles. The second kappa shape index (κ2) is 19.2. The molecule has 0 aliphatic heterocycles. The lowest BCUT2D eigenvalue weighted by molar-refractivity contribution is 0.676. The number of benzene rings is 8. The number of aliphatic imine (C=N–C) groups is 1. The molecular formula is C63H53N. The molecule has 0 amide bonds. The Labute approximate surface area is 379 Å². The van der Waals surface area contributed by atoms with Gasteiger partial charge in [-0.05, 0) is 112 Å². The lowest BCUT2D eigenvalue weighted by Gasteiger charge is -2.39. The molecule has 0 heterocycles. The Morgan fingerprint density at radius 3 is 1.69 bits per heavy atom. The maximum absolute atomic E-state index is 5.37. The molecule has 8 aromatic carbocycles. The molecule has 0 saturated carbocycles. The number of hydrogen-bond donors (Lipinski definition) is 0. The van der Waals surface area contributed by atoms with E-state index in [-0.39, 0.29) is 0 Å². The lowest BCUT2D eigenvalue weighted by Crippen LogP contribution is -2.32. The lowest BCUT2D eigenvalue weighted by atomic mass is 9.63. The van der Waals surface area contributed by atoms with Gasteiger partial charge in [-0.25, -0.2) is 0 Å². The van der Waals surface area contributed by atoms with E-state index in [1.807, 2.05) is 6.07 Å². The summed E-state index contributed by atoms with van der Waals surface area (Å²) in [5.74, 6) is 0. The second-order valence-electron chi connectivity index (χ2n) is 16.8. The SMILES string of the molecule is C=C(/C=C(\N=C(/C)c1ccc(C(C2=CC=CCC2)(c2ccccc2)c2ccccc2)cc1)c1ccc(-c2ccc(Cc3ccccc3-c3ccccc3C)cc2)cc1)c1ccccc1. The fourth-order valence-corrected chi connectivity index (χ4v) is 9.32. The van der Waals surface area contributed by atoms with E-state index in [2.05, 4.69) is 251 Å². The van der Waals surface area contributed by atoms with Crippen LogP contribution in [0.4, 0.5) is 0 Å². The van der Waals surface area contributed by atoms with Crippen LogP contribution in [0.2, 0.25) is 0 Å². The maximum atomic E-state index is 5.37. The van der Waals surface area contributed by atoms with Crippen LogP contribution in [0.15, 0.2) is 254 Å². The summed E-state index contributed by atoms with van der Waals surface area (Å²) >= 11 is 0. The molecule has 0 bridgehead atoms. The van der Waals surface area contributed by atoms with Crippen LogP contribution in [0.3, 0.4) is 0 Å². The van der Waals surface area contributed by atoms with Crippen molar-refractivity contribution >= 4 is 17.0 Å². The van der Waals surface area contributed by atoms with Crippen LogP contribution in [0.25, 0.3) is 33.5 Å². The summed E-state index contributed by atoms with van der Waals surface area (Å²) in [6.07, 6.45) is 11.8. The molecule has 0 aromatic heterocycles. The molecule has 0 atom stereocenters. The molecule has 1 aliphatic rings. The molecule has 0 unspecified atom stereocenters. The predicted octanol–water partition coefficient (Wildman–Crippen LogP) is 16.1. The zero-order valence-electron chi connectivity index (χ0n) is 36.8. The predicted molar refractivity (Wildman–Crippen MR) is 273 cm³/mol. The van der Waals surface area contributed by atoms with E-state index in [9.17, 15) is 0 Å². The summed E-state index contributed by atoms with van der Waals surface area (Å²) in [7, 11) is 0. The third-order valence-electron chi connectivity index (χ3n) is 12.7. The summed E-state index contributed by atoms with van der Waals surface area (Å²) < 4.78 is 0. The molecule has 0 fully saturated rings. The first-order chi connectivity index (χ1) is 31.5. The molecule has 0 spiro atoms. The van der Waals surface area contributed by atoms with Crippen LogP contribution in [0.1, 0.15) is 69.8 Å². The molecule has 8 aromatic rings. The number of aryl methyl sites for hydroxylation is 1. The van der Waals surface area contributed by atoms with Gasteiger partial charge in [0.25, 0.3) is 0 Å². The van der Waals surface area contributed by atoms with Gasteiger partial charge in [0.1, 0.15) is 0 Å². The van der Waals surface area contributed by atoms with Crippen molar-refractivity contribution in [2.75, 3.05) is 0 Å². The summed E-state index contributed by atoms with van der Waals surface area (Å²) in [4.78, 5) is 5.37. The fraction of sp³-hybridized carbons (Fsp3) is 0.0952. The van der Waals surface area contributed by atoms with E-state index in [4.69, 9.17) is 4.99 Å². The average Bonchev–Trinajstić information content (AvgIpc) is 3.36. The highest BCUT2D eigenvalue weighted by molar-refractivity contribution is 6.02. The molecule has 0 N–H and O–H groups in total. The Bertz CT molecular complexity index is 2940. The minimum atomic E-state index is -0.426. The second-order valence-corrected chi connectivity index (χ2v) is 16.8. The van der Waals surface area contributed by atoms with E-state index >= 15 is 0 Å². The van der Waals surface area contributed by atoms with Crippen LogP contribution < -0.4 is 0 Å². The van der Waals surface area contributed by atoms with Gasteiger partial charge in [-0.15, -0.1) is 0 Å². The van der Waals surface area contributed by atoms with Gasteiger partial charge < -0.3 is 0 Å². The van der Waals surface area contributed by atoms with Crippen molar-refractivity contribution < 1.29 is 0 Å². The fourth-order valence-electron chi connectivity index (χ4n) is 9.32. The summed E-state index contributed by atoms with van der Waals surface area (Å²) in [5, 5.41) is 0. The van der Waals surface area contributed by atoms with Gasteiger partial charge in [0.05, 0.1) is 11.1 Å². The molecule has 1 heteroatoms. The Morgan fingerprint density at radius 2 is 1.08 bits per heavy atom. The van der Waals surface area contributed by atoms with Gasteiger partial charge in [-0.2, -0.15) is 0 Å². The Balaban J connectivity index is 1.02. The van der Waals surface area contributed by atoms with Crippen molar-refractivity contribution in [2.45, 2.75) is 38.5 Å².